The van der Waals surface area contributed by atoms with Crippen molar-refractivity contribution in [2.45, 2.75) is 19.8 Å². The molecule has 0 saturated carbocycles. The summed E-state index contributed by atoms with van der Waals surface area (Å²) in [6.07, 6.45) is 5.15. The van der Waals surface area contributed by atoms with E-state index in [0.29, 0.717) is 17.8 Å². The summed E-state index contributed by atoms with van der Waals surface area (Å²) in [5.74, 6) is -0.0487. The highest BCUT2D eigenvalue weighted by Gasteiger charge is 2.25. The largest absolute Gasteiger partial charge is 0.305 e. The fourth-order valence-corrected chi connectivity index (χ4v) is 2.76. The van der Waals surface area contributed by atoms with Crippen molar-refractivity contribution in [1.82, 2.24) is 25.4 Å². The highest BCUT2D eigenvalue weighted by Crippen LogP contribution is 2.26. The number of nitrogens with one attached hydrogen (secondary N) is 2. The number of aromatic amines is 2. The van der Waals surface area contributed by atoms with E-state index < -0.39 is 0 Å². The van der Waals surface area contributed by atoms with Gasteiger partial charge in [-0.1, -0.05) is 0 Å². The van der Waals surface area contributed by atoms with Gasteiger partial charge in [-0.25, -0.2) is 4.98 Å². The van der Waals surface area contributed by atoms with Crippen LogP contribution >= 0.6 is 0 Å². The Hall–Kier alpha value is -2.70. The number of carbonyl (C=O) groups is 1. The van der Waals surface area contributed by atoms with Crippen molar-refractivity contribution in [3.05, 3.63) is 35.4 Å². The molecule has 1 aliphatic rings. The minimum absolute atomic E-state index is 0.0487. The SMILES string of the molecule is Cc1[nH]nc2ncc(C(=O)N3CCCc4[nH]ncc43)cc12. The van der Waals surface area contributed by atoms with Crippen molar-refractivity contribution in [3.63, 3.8) is 0 Å². The standard InChI is InChI=1S/C14H14N6O/c1-8-10-5-9(6-15-13(10)19-17-8)14(21)20-4-2-3-11-12(20)7-16-18-11/h5-7H,2-4H2,1H3,(H,16,18)(H,15,17,19). The number of pyridine rings is 1. The average Bonchev–Trinajstić information content (AvgIpc) is 3.13. The molecule has 21 heavy (non-hydrogen) atoms. The summed E-state index contributed by atoms with van der Waals surface area (Å²) in [5, 5.41) is 14.8. The van der Waals surface area contributed by atoms with Crippen molar-refractivity contribution >= 4 is 22.6 Å². The van der Waals surface area contributed by atoms with Crippen LogP contribution in [0.2, 0.25) is 0 Å². The molecule has 1 aliphatic heterocycles. The third-order valence-electron chi connectivity index (χ3n) is 3.89. The Bertz CT molecular complexity index is 833. The second-order valence-electron chi connectivity index (χ2n) is 5.24. The Kier molecular flexibility index (Phi) is 2.53. The van der Waals surface area contributed by atoms with E-state index in [1.165, 1.54) is 0 Å². The third-order valence-corrected chi connectivity index (χ3v) is 3.89. The van der Waals surface area contributed by atoms with Gasteiger partial charge in [0, 0.05) is 23.8 Å². The molecule has 4 rings (SSSR count). The number of hydrogen-bond acceptors (Lipinski definition) is 4. The quantitative estimate of drug-likeness (QED) is 0.709. The summed E-state index contributed by atoms with van der Waals surface area (Å²) < 4.78 is 0. The Balaban J connectivity index is 1.76. The molecule has 0 saturated heterocycles. The number of aryl methyl sites for hydroxylation is 2. The van der Waals surface area contributed by atoms with E-state index in [-0.39, 0.29) is 5.91 Å². The van der Waals surface area contributed by atoms with Crippen molar-refractivity contribution < 1.29 is 4.79 Å². The number of H-pyrrole nitrogens is 2. The van der Waals surface area contributed by atoms with Crippen molar-refractivity contribution in [2.24, 2.45) is 0 Å². The summed E-state index contributed by atoms with van der Waals surface area (Å²) in [6.45, 7) is 2.62. The number of aromatic nitrogens is 5. The van der Waals surface area contributed by atoms with E-state index in [4.69, 9.17) is 0 Å². The Morgan fingerprint density at radius 2 is 2.24 bits per heavy atom. The van der Waals surface area contributed by atoms with Crippen LogP contribution in [0, 0.1) is 6.92 Å². The molecule has 7 heteroatoms. The summed E-state index contributed by atoms with van der Waals surface area (Å²) in [4.78, 5) is 18.8. The van der Waals surface area contributed by atoms with Gasteiger partial charge in [0.15, 0.2) is 5.65 Å². The maximum atomic E-state index is 12.8. The Morgan fingerprint density at radius 3 is 3.14 bits per heavy atom. The van der Waals surface area contributed by atoms with Gasteiger partial charge in [0.2, 0.25) is 0 Å². The van der Waals surface area contributed by atoms with Crippen LogP contribution in [0.25, 0.3) is 11.0 Å². The third kappa shape index (κ3) is 1.81. The number of rotatable bonds is 1. The molecule has 0 unspecified atom stereocenters. The zero-order valence-corrected chi connectivity index (χ0v) is 11.6. The lowest BCUT2D eigenvalue weighted by Gasteiger charge is -2.26. The molecule has 3 aromatic heterocycles. The van der Waals surface area contributed by atoms with Gasteiger partial charge in [0.1, 0.15) is 0 Å². The fourth-order valence-electron chi connectivity index (χ4n) is 2.76. The Labute approximate surface area is 120 Å². The van der Waals surface area contributed by atoms with Gasteiger partial charge < -0.3 is 4.90 Å². The molecule has 0 fully saturated rings. The second-order valence-corrected chi connectivity index (χ2v) is 5.24. The number of carbonyl (C=O) groups excluding carboxylic acids is 1. The summed E-state index contributed by atoms with van der Waals surface area (Å²) >= 11 is 0. The first-order valence-corrected chi connectivity index (χ1v) is 6.89. The molecular weight excluding hydrogens is 268 g/mol. The lowest BCUT2D eigenvalue weighted by atomic mass is 10.1. The smallest absolute Gasteiger partial charge is 0.259 e. The zero-order valence-electron chi connectivity index (χ0n) is 11.6. The second kappa shape index (κ2) is 4.41. The summed E-state index contributed by atoms with van der Waals surface area (Å²) in [5.41, 5.74) is 4.00. The minimum Gasteiger partial charge on any atom is -0.305 e. The van der Waals surface area contributed by atoms with E-state index in [2.05, 4.69) is 25.4 Å². The van der Waals surface area contributed by atoms with Crippen LogP contribution in [0.4, 0.5) is 5.69 Å². The number of amides is 1. The van der Waals surface area contributed by atoms with Crippen molar-refractivity contribution in [2.75, 3.05) is 11.4 Å². The molecule has 7 nitrogen and oxygen atoms in total. The van der Waals surface area contributed by atoms with E-state index in [1.807, 2.05) is 13.0 Å². The predicted octanol–water partition coefficient (Wildman–Crippen LogP) is 1.58. The molecular formula is C14H14N6O. The molecule has 0 aliphatic carbocycles. The molecule has 4 heterocycles. The molecule has 0 atom stereocenters. The number of fused-ring (bicyclic) bond motifs is 2. The molecule has 2 N–H and O–H groups in total. The van der Waals surface area contributed by atoms with Gasteiger partial charge in [-0.2, -0.15) is 10.2 Å². The first-order valence-electron chi connectivity index (χ1n) is 6.89. The maximum Gasteiger partial charge on any atom is 0.259 e. The predicted molar refractivity (Wildman–Crippen MR) is 77.2 cm³/mol. The van der Waals surface area contributed by atoms with Gasteiger partial charge in [0.25, 0.3) is 5.91 Å². The maximum absolute atomic E-state index is 12.8. The highest BCUT2D eigenvalue weighted by molar-refractivity contribution is 6.07. The lowest BCUT2D eigenvalue weighted by molar-refractivity contribution is 0.0985. The molecule has 0 radical (unpaired) electrons. The van der Waals surface area contributed by atoms with Crippen LogP contribution in [0.15, 0.2) is 18.5 Å². The van der Waals surface area contributed by atoms with E-state index in [0.717, 1.165) is 35.3 Å². The monoisotopic (exact) mass is 282 g/mol. The van der Waals surface area contributed by atoms with Gasteiger partial charge in [0.05, 0.1) is 23.1 Å². The van der Waals surface area contributed by atoms with Crippen molar-refractivity contribution in [1.29, 1.82) is 0 Å². The Morgan fingerprint density at radius 1 is 1.33 bits per heavy atom. The zero-order chi connectivity index (χ0) is 14.4. The molecule has 0 aromatic carbocycles. The molecule has 1 amide bonds. The average molecular weight is 282 g/mol. The van der Waals surface area contributed by atoms with Gasteiger partial charge in [-0.05, 0) is 25.8 Å². The lowest BCUT2D eigenvalue weighted by Crippen LogP contribution is -2.35. The van der Waals surface area contributed by atoms with E-state index >= 15 is 0 Å². The van der Waals surface area contributed by atoms with Crippen LogP contribution in [0.5, 0.6) is 0 Å². The minimum atomic E-state index is -0.0487. The normalized spacial score (nSPS) is 14.4. The van der Waals surface area contributed by atoms with Crippen molar-refractivity contribution in [3.8, 4) is 0 Å². The van der Waals surface area contributed by atoms with Crippen LogP contribution in [0.1, 0.15) is 28.2 Å². The van der Waals surface area contributed by atoms with Gasteiger partial charge >= 0.3 is 0 Å². The first kappa shape index (κ1) is 12.1. The van der Waals surface area contributed by atoms with Gasteiger partial charge in [-0.15, -0.1) is 0 Å². The van der Waals surface area contributed by atoms with Crippen LogP contribution in [-0.4, -0.2) is 37.8 Å². The van der Waals surface area contributed by atoms with Crippen LogP contribution in [0.3, 0.4) is 0 Å². The number of nitrogens with zero attached hydrogens (tertiary/aromatic N) is 4. The molecule has 106 valence electrons. The highest BCUT2D eigenvalue weighted by atomic mass is 16.2. The topological polar surface area (TPSA) is 90.6 Å². The summed E-state index contributed by atoms with van der Waals surface area (Å²) in [6, 6.07) is 1.85. The molecule has 3 aromatic rings. The summed E-state index contributed by atoms with van der Waals surface area (Å²) in [7, 11) is 0. The fraction of sp³-hybridized carbons (Fsp3) is 0.286. The number of hydrogen-bond donors (Lipinski definition) is 2. The van der Waals surface area contributed by atoms with E-state index in [1.54, 1.807) is 17.3 Å². The van der Waals surface area contributed by atoms with Crippen LogP contribution in [-0.2, 0) is 6.42 Å². The number of anilines is 1. The van der Waals surface area contributed by atoms with Crippen LogP contribution < -0.4 is 4.90 Å². The first-order chi connectivity index (χ1) is 10.2. The van der Waals surface area contributed by atoms with E-state index in [9.17, 15) is 4.79 Å². The molecule has 0 spiro atoms. The van der Waals surface area contributed by atoms with Gasteiger partial charge in [-0.3, -0.25) is 15.0 Å². The molecule has 0 bridgehead atoms.